The molecule has 10 nitrogen and oxygen atoms in total. The lowest BCUT2D eigenvalue weighted by Crippen LogP contribution is -2.25. The van der Waals surface area contributed by atoms with E-state index in [0.29, 0.717) is 34.9 Å². The number of benzene rings is 2. The number of likely N-dealkylation sites (N-methyl/N-ethyl adjacent to an activating group) is 1. The zero-order valence-corrected chi connectivity index (χ0v) is 19.1. The molecule has 0 atom stereocenters. The van der Waals surface area contributed by atoms with Gasteiger partial charge in [-0.05, 0) is 36.9 Å². The first-order chi connectivity index (χ1) is 17.5. The summed E-state index contributed by atoms with van der Waals surface area (Å²) in [5.74, 6) is -0.864. The zero-order chi connectivity index (χ0) is 25.1. The van der Waals surface area contributed by atoms with Crippen LogP contribution < -0.4 is 0 Å². The number of aromatic nitrogens is 6. The molecule has 3 aromatic heterocycles. The largest absolute Gasteiger partial charge is 0.480 e. The van der Waals surface area contributed by atoms with E-state index in [9.17, 15) is 9.18 Å². The van der Waals surface area contributed by atoms with E-state index in [1.807, 2.05) is 24.3 Å². The van der Waals surface area contributed by atoms with E-state index in [1.54, 1.807) is 54.7 Å². The van der Waals surface area contributed by atoms with Crippen LogP contribution in [0.4, 0.5) is 4.39 Å². The Hall–Kier alpha value is -4.77. The standard InChI is InChI=1S/C25H20FN7O3/c1-32(15-21(34)35)14-16-6-8-18(9-7-16)24-28-25(36-30-24)22-23(17-10-12-27-13-11-17)33(31-29-22)20-5-3-2-4-19(20)26/h2-13H,14-15H2,1H3,(H,34,35). The van der Waals surface area contributed by atoms with Crippen molar-refractivity contribution in [1.29, 1.82) is 0 Å². The number of carboxylic acid groups (broad SMARTS) is 1. The van der Waals surface area contributed by atoms with Crippen molar-refractivity contribution in [2.75, 3.05) is 13.6 Å². The summed E-state index contributed by atoms with van der Waals surface area (Å²) in [5.41, 5.74) is 3.36. The number of rotatable bonds is 8. The van der Waals surface area contributed by atoms with Crippen molar-refractivity contribution in [3.05, 3.63) is 84.4 Å². The average Bonchev–Trinajstić information content (AvgIpc) is 3.52. The van der Waals surface area contributed by atoms with E-state index in [-0.39, 0.29) is 18.1 Å². The van der Waals surface area contributed by atoms with Gasteiger partial charge in [0.25, 0.3) is 5.89 Å². The third-order valence-corrected chi connectivity index (χ3v) is 5.40. The molecule has 1 N–H and O–H groups in total. The summed E-state index contributed by atoms with van der Waals surface area (Å²) >= 11 is 0. The fraction of sp³-hybridized carbons (Fsp3) is 0.120. The van der Waals surface area contributed by atoms with E-state index in [4.69, 9.17) is 9.63 Å². The lowest BCUT2D eigenvalue weighted by molar-refractivity contribution is -0.138. The molecular weight excluding hydrogens is 465 g/mol. The van der Waals surface area contributed by atoms with Gasteiger partial charge in [0.1, 0.15) is 17.2 Å². The molecule has 5 rings (SSSR count). The smallest absolute Gasteiger partial charge is 0.317 e. The van der Waals surface area contributed by atoms with Crippen LogP contribution in [-0.4, -0.2) is 59.7 Å². The minimum absolute atomic E-state index is 0.0523. The number of carboxylic acids is 1. The van der Waals surface area contributed by atoms with Crippen LogP contribution in [-0.2, 0) is 11.3 Å². The van der Waals surface area contributed by atoms with Gasteiger partial charge in [-0.15, -0.1) is 5.10 Å². The van der Waals surface area contributed by atoms with Crippen molar-refractivity contribution >= 4 is 5.97 Å². The van der Waals surface area contributed by atoms with Gasteiger partial charge in [0, 0.05) is 30.1 Å². The number of hydrogen-bond acceptors (Lipinski definition) is 8. The molecule has 0 bridgehead atoms. The second-order valence-corrected chi connectivity index (χ2v) is 8.07. The third kappa shape index (κ3) is 4.72. The normalized spacial score (nSPS) is 11.2. The number of carbonyl (C=O) groups is 1. The maximum absolute atomic E-state index is 14.6. The Bertz CT molecular complexity index is 1500. The van der Waals surface area contributed by atoms with Crippen LogP contribution >= 0.6 is 0 Å². The number of aliphatic carboxylic acids is 1. The Labute approximate surface area is 204 Å². The third-order valence-electron chi connectivity index (χ3n) is 5.40. The highest BCUT2D eigenvalue weighted by Gasteiger charge is 2.24. The molecule has 0 saturated carbocycles. The summed E-state index contributed by atoms with van der Waals surface area (Å²) in [6.45, 7) is 0.432. The van der Waals surface area contributed by atoms with Crippen LogP contribution in [0.5, 0.6) is 0 Å². The van der Waals surface area contributed by atoms with E-state index >= 15 is 0 Å². The van der Waals surface area contributed by atoms with Gasteiger partial charge in [0.15, 0.2) is 5.69 Å². The molecule has 180 valence electrons. The molecule has 0 aliphatic carbocycles. The molecule has 11 heteroatoms. The molecule has 0 amide bonds. The molecule has 5 aromatic rings. The van der Waals surface area contributed by atoms with Gasteiger partial charge < -0.3 is 9.63 Å². The highest BCUT2D eigenvalue weighted by molar-refractivity contribution is 5.76. The minimum Gasteiger partial charge on any atom is -0.480 e. The van der Waals surface area contributed by atoms with Crippen LogP contribution in [0.1, 0.15) is 5.56 Å². The zero-order valence-electron chi connectivity index (χ0n) is 19.1. The van der Waals surface area contributed by atoms with Gasteiger partial charge in [0.05, 0.1) is 6.54 Å². The Kier molecular flexibility index (Phi) is 6.29. The number of nitrogens with zero attached hydrogens (tertiary/aromatic N) is 7. The van der Waals surface area contributed by atoms with E-state index in [1.165, 1.54) is 10.7 Å². The fourth-order valence-corrected chi connectivity index (χ4v) is 3.78. The van der Waals surface area contributed by atoms with Crippen molar-refractivity contribution in [1.82, 2.24) is 35.0 Å². The van der Waals surface area contributed by atoms with Crippen molar-refractivity contribution in [2.24, 2.45) is 0 Å². The molecular formula is C25H20FN7O3. The van der Waals surface area contributed by atoms with Crippen molar-refractivity contribution < 1.29 is 18.8 Å². The second-order valence-electron chi connectivity index (χ2n) is 8.07. The highest BCUT2D eigenvalue weighted by atomic mass is 19.1. The monoisotopic (exact) mass is 485 g/mol. The summed E-state index contributed by atoms with van der Waals surface area (Å²) in [4.78, 5) is 21.1. The van der Waals surface area contributed by atoms with E-state index in [2.05, 4.69) is 25.4 Å². The maximum atomic E-state index is 14.6. The van der Waals surface area contributed by atoms with Crippen LogP contribution in [0.25, 0.3) is 39.9 Å². The minimum atomic E-state index is -0.883. The summed E-state index contributed by atoms with van der Waals surface area (Å²) < 4.78 is 21.5. The molecule has 0 aliphatic heterocycles. The number of halogens is 1. The topological polar surface area (TPSA) is 123 Å². The summed E-state index contributed by atoms with van der Waals surface area (Å²) in [5, 5.41) is 21.4. The number of hydrogen-bond donors (Lipinski definition) is 1. The number of pyridine rings is 1. The molecule has 0 fully saturated rings. The molecule has 2 aromatic carbocycles. The summed E-state index contributed by atoms with van der Waals surface area (Å²) in [6.07, 6.45) is 3.24. The van der Waals surface area contributed by atoms with Gasteiger partial charge >= 0.3 is 5.97 Å². The molecule has 0 spiro atoms. The quantitative estimate of drug-likeness (QED) is 0.350. The van der Waals surface area contributed by atoms with Crippen LogP contribution in [0.3, 0.4) is 0 Å². The predicted molar refractivity (Wildman–Crippen MR) is 127 cm³/mol. The molecule has 0 saturated heterocycles. The lowest BCUT2D eigenvalue weighted by Gasteiger charge is -2.13. The van der Waals surface area contributed by atoms with Crippen molar-refractivity contribution in [3.63, 3.8) is 0 Å². The Morgan fingerprint density at radius 2 is 1.81 bits per heavy atom. The Balaban J connectivity index is 1.48. The van der Waals surface area contributed by atoms with E-state index < -0.39 is 11.8 Å². The molecule has 0 radical (unpaired) electrons. The average molecular weight is 485 g/mol. The maximum Gasteiger partial charge on any atom is 0.317 e. The first kappa shape index (κ1) is 23.0. The SMILES string of the molecule is CN(CC(=O)O)Cc1ccc(-c2noc(-c3nnn(-c4ccccc4F)c3-c3ccncc3)n2)cc1. The van der Waals surface area contributed by atoms with Crippen molar-refractivity contribution in [2.45, 2.75) is 6.54 Å². The first-order valence-electron chi connectivity index (χ1n) is 10.9. The first-order valence-corrected chi connectivity index (χ1v) is 10.9. The van der Waals surface area contributed by atoms with Gasteiger partial charge in [-0.3, -0.25) is 14.7 Å². The second kappa shape index (κ2) is 9.84. The van der Waals surface area contributed by atoms with Crippen molar-refractivity contribution in [3.8, 4) is 39.9 Å². The summed E-state index contributed by atoms with van der Waals surface area (Å²) in [6, 6.07) is 17.2. The van der Waals surface area contributed by atoms with Crippen LogP contribution in [0.15, 0.2) is 77.6 Å². The molecule has 0 unspecified atom stereocenters. The fourth-order valence-electron chi connectivity index (χ4n) is 3.78. The molecule has 36 heavy (non-hydrogen) atoms. The van der Waals surface area contributed by atoms with E-state index in [0.717, 1.165) is 5.56 Å². The van der Waals surface area contributed by atoms with Gasteiger partial charge in [-0.1, -0.05) is 46.8 Å². The predicted octanol–water partition coefficient (Wildman–Crippen LogP) is 3.70. The Morgan fingerprint density at radius 1 is 1.06 bits per heavy atom. The highest BCUT2D eigenvalue weighted by Crippen LogP contribution is 2.32. The number of para-hydroxylation sites is 1. The van der Waals surface area contributed by atoms with Gasteiger partial charge in [-0.25, -0.2) is 9.07 Å². The lowest BCUT2D eigenvalue weighted by atomic mass is 10.1. The van der Waals surface area contributed by atoms with Gasteiger partial charge in [0.2, 0.25) is 5.82 Å². The van der Waals surface area contributed by atoms with Crippen LogP contribution in [0.2, 0.25) is 0 Å². The molecule has 0 aliphatic rings. The molecule has 3 heterocycles. The summed E-state index contributed by atoms with van der Waals surface area (Å²) in [7, 11) is 1.74. The Morgan fingerprint density at radius 3 is 2.53 bits per heavy atom. The van der Waals surface area contributed by atoms with Crippen LogP contribution in [0, 0.1) is 5.82 Å². The van der Waals surface area contributed by atoms with Gasteiger partial charge in [-0.2, -0.15) is 4.98 Å².